The Hall–Kier alpha value is -2.10. The number of aromatic nitrogens is 2. The van der Waals surface area contributed by atoms with E-state index in [2.05, 4.69) is 20.6 Å². The summed E-state index contributed by atoms with van der Waals surface area (Å²) in [7, 11) is 0. The van der Waals surface area contributed by atoms with E-state index in [0.717, 1.165) is 43.1 Å². The van der Waals surface area contributed by atoms with Crippen LogP contribution in [0.4, 0.5) is 13.2 Å². The van der Waals surface area contributed by atoms with E-state index in [0.29, 0.717) is 25.3 Å². The second-order valence-electron chi connectivity index (χ2n) is 9.35. The molecule has 4 heterocycles. The first kappa shape index (κ1) is 19.8. The number of hydrogen-bond donors (Lipinski definition) is 2. The third-order valence-corrected chi connectivity index (χ3v) is 7.37. The Balaban J connectivity index is 1.35. The van der Waals surface area contributed by atoms with Crippen LogP contribution in [0.1, 0.15) is 74.0 Å². The first-order valence-corrected chi connectivity index (χ1v) is 10.7. The van der Waals surface area contributed by atoms with E-state index in [-0.39, 0.29) is 29.6 Å². The molecule has 1 aromatic rings. The van der Waals surface area contributed by atoms with E-state index in [1.165, 1.54) is 6.92 Å². The smallest absolute Gasteiger partial charge is 0.349 e. The van der Waals surface area contributed by atoms with Crippen molar-refractivity contribution in [1.82, 2.24) is 25.3 Å². The molecular weight excluding hydrogens is 399 g/mol. The van der Waals surface area contributed by atoms with E-state index in [1.54, 1.807) is 0 Å². The van der Waals surface area contributed by atoms with Crippen LogP contribution in [-0.4, -0.2) is 56.7 Å². The van der Waals surface area contributed by atoms with Crippen LogP contribution in [0.2, 0.25) is 0 Å². The summed E-state index contributed by atoms with van der Waals surface area (Å²) in [5.41, 5.74) is -1.62. The number of nitrogens with zero attached hydrogens (tertiary/aromatic N) is 3. The number of piperidine rings is 2. The molecule has 2 amide bonds. The Kier molecular flexibility index (Phi) is 4.43. The Labute approximate surface area is 172 Å². The number of carbonyl (C=O) groups is 2. The highest BCUT2D eigenvalue weighted by Gasteiger charge is 2.58. The van der Waals surface area contributed by atoms with Gasteiger partial charge in [0.15, 0.2) is 5.69 Å². The zero-order valence-electron chi connectivity index (χ0n) is 16.8. The maximum atomic E-state index is 13.8. The lowest BCUT2D eigenvalue weighted by Gasteiger charge is -2.44. The molecule has 30 heavy (non-hydrogen) atoms. The van der Waals surface area contributed by atoms with Crippen molar-refractivity contribution >= 4 is 11.8 Å². The third-order valence-electron chi connectivity index (χ3n) is 7.37. The van der Waals surface area contributed by atoms with E-state index in [4.69, 9.17) is 0 Å². The minimum atomic E-state index is -4.64. The lowest BCUT2D eigenvalue weighted by atomic mass is 9.79. The van der Waals surface area contributed by atoms with Gasteiger partial charge < -0.3 is 10.6 Å². The molecule has 5 rings (SSSR count). The van der Waals surface area contributed by atoms with Crippen LogP contribution in [0.3, 0.4) is 0 Å². The lowest BCUT2D eigenvalue weighted by molar-refractivity contribution is -0.146. The summed E-state index contributed by atoms with van der Waals surface area (Å²) < 4.78 is 42.3. The van der Waals surface area contributed by atoms with Crippen LogP contribution < -0.4 is 10.6 Å². The summed E-state index contributed by atoms with van der Waals surface area (Å²) >= 11 is 0. The molecule has 4 atom stereocenters. The van der Waals surface area contributed by atoms with Gasteiger partial charge in [0.1, 0.15) is 0 Å². The summed E-state index contributed by atoms with van der Waals surface area (Å²) in [5.74, 6) is -0.787. The van der Waals surface area contributed by atoms with Crippen LogP contribution in [0.15, 0.2) is 6.20 Å². The molecule has 3 saturated heterocycles. The van der Waals surface area contributed by atoms with Gasteiger partial charge in [-0.05, 0) is 44.9 Å². The van der Waals surface area contributed by atoms with Gasteiger partial charge in [-0.25, -0.2) is 0 Å². The molecule has 1 saturated carbocycles. The second kappa shape index (κ2) is 6.70. The maximum Gasteiger partial charge on any atom is 0.433 e. The van der Waals surface area contributed by atoms with Gasteiger partial charge >= 0.3 is 6.18 Å². The Bertz CT molecular complexity index is 880. The molecule has 2 bridgehead atoms. The van der Waals surface area contributed by atoms with Crippen LogP contribution in [0.5, 0.6) is 0 Å². The normalized spacial score (nSPS) is 33.4. The molecule has 164 valence electrons. The van der Waals surface area contributed by atoms with Crippen molar-refractivity contribution in [2.24, 2.45) is 0 Å². The van der Waals surface area contributed by atoms with Gasteiger partial charge in [-0.15, -0.1) is 0 Å². The van der Waals surface area contributed by atoms with Gasteiger partial charge in [-0.1, -0.05) is 0 Å². The summed E-state index contributed by atoms with van der Waals surface area (Å²) in [6, 6.07) is -0.134. The molecule has 4 fully saturated rings. The molecule has 2 N–H and O–H groups in total. The Morgan fingerprint density at radius 2 is 1.93 bits per heavy atom. The number of rotatable bonds is 4. The molecule has 10 heteroatoms. The monoisotopic (exact) mass is 425 g/mol. The minimum Gasteiger partial charge on any atom is -0.349 e. The first-order valence-electron chi connectivity index (χ1n) is 10.7. The number of fused-ring (bicyclic) bond motifs is 1. The van der Waals surface area contributed by atoms with Crippen molar-refractivity contribution in [3.63, 3.8) is 0 Å². The third kappa shape index (κ3) is 3.11. The predicted molar refractivity (Wildman–Crippen MR) is 101 cm³/mol. The van der Waals surface area contributed by atoms with Crippen LogP contribution in [0, 0.1) is 0 Å². The summed E-state index contributed by atoms with van der Waals surface area (Å²) in [6.07, 6.45) is 1.79. The number of alkyl halides is 3. The van der Waals surface area contributed by atoms with Gasteiger partial charge in [-0.2, -0.15) is 18.3 Å². The number of hydrogen-bond acceptors (Lipinski definition) is 4. The Morgan fingerprint density at radius 1 is 1.17 bits per heavy atom. The molecule has 1 aliphatic carbocycles. The van der Waals surface area contributed by atoms with E-state index < -0.39 is 23.3 Å². The van der Waals surface area contributed by atoms with Crippen LogP contribution in [0.25, 0.3) is 0 Å². The summed E-state index contributed by atoms with van der Waals surface area (Å²) in [4.78, 5) is 26.9. The molecule has 0 radical (unpaired) electrons. The molecule has 3 aliphatic heterocycles. The molecule has 7 nitrogen and oxygen atoms in total. The highest BCUT2D eigenvalue weighted by Crippen LogP contribution is 2.47. The SMILES string of the molecule is CC(=O)NC12CC3CC[C@H](NC(=O)c4cnn(C5CCC5)c4C(F)(F)F)C(C1)N3C2. The highest BCUT2D eigenvalue weighted by atomic mass is 19.4. The quantitative estimate of drug-likeness (QED) is 0.776. The van der Waals surface area contributed by atoms with Crippen molar-refractivity contribution in [1.29, 1.82) is 0 Å². The summed E-state index contributed by atoms with van der Waals surface area (Å²) in [5, 5.41) is 9.88. The van der Waals surface area contributed by atoms with E-state index >= 15 is 0 Å². The van der Waals surface area contributed by atoms with Gasteiger partial charge in [0.25, 0.3) is 5.91 Å². The lowest BCUT2D eigenvalue weighted by Crippen LogP contribution is -2.58. The van der Waals surface area contributed by atoms with Crippen molar-refractivity contribution in [2.45, 2.75) is 87.8 Å². The first-order chi connectivity index (χ1) is 14.2. The van der Waals surface area contributed by atoms with Crippen LogP contribution in [-0.2, 0) is 11.0 Å². The van der Waals surface area contributed by atoms with Gasteiger partial charge in [-0.3, -0.25) is 19.2 Å². The molecular formula is C20H26F3N5O2. The number of carbonyl (C=O) groups excluding carboxylic acids is 2. The fourth-order valence-corrected chi connectivity index (χ4v) is 6.02. The molecule has 1 aromatic heterocycles. The highest BCUT2D eigenvalue weighted by molar-refractivity contribution is 5.95. The van der Waals surface area contributed by atoms with Crippen LogP contribution >= 0.6 is 0 Å². The fraction of sp³-hybridized carbons (Fsp3) is 0.750. The van der Waals surface area contributed by atoms with Crippen molar-refractivity contribution in [2.75, 3.05) is 6.54 Å². The maximum absolute atomic E-state index is 13.8. The average Bonchev–Trinajstić information content (AvgIpc) is 3.25. The van der Waals surface area contributed by atoms with E-state index in [9.17, 15) is 22.8 Å². The Morgan fingerprint density at radius 3 is 2.57 bits per heavy atom. The number of amides is 2. The molecule has 3 unspecified atom stereocenters. The largest absolute Gasteiger partial charge is 0.433 e. The summed E-state index contributed by atoms with van der Waals surface area (Å²) in [6.45, 7) is 2.24. The van der Waals surface area contributed by atoms with Gasteiger partial charge in [0, 0.05) is 31.6 Å². The second-order valence-corrected chi connectivity index (χ2v) is 9.35. The molecule has 4 aliphatic rings. The average molecular weight is 425 g/mol. The molecule has 0 spiro atoms. The predicted octanol–water partition coefficient (Wildman–Crippen LogP) is 2.24. The number of nitrogens with one attached hydrogen (secondary N) is 2. The zero-order chi connectivity index (χ0) is 21.3. The van der Waals surface area contributed by atoms with E-state index in [1.807, 2.05) is 0 Å². The standard InChI is InChI=1S/C20H26F3N5O2/c1-11(29)26-19-7-13-5-6-15(16(8-19)27(13)10-19)25-18(30)14-9-24-28(12-3-2-4-12)17(14)20(21,22)23/h9,12-13,15-16H,2-8,10H2,1H3,(H,25,30)(H,26,29)/t13?,15-,16?,19?/m0/s1. The number of halogens is 3. The van der Waals surface area contributed by atoms with Crippen molar-refractivity contribution < 1.29 is 22.8 Å². The zero-order valence-corrected chi connectivity index (χ0v) is 16.8. The van der Waals surface area contributed by atoms with Gasteiger partial charge in [0.05, 0.1) is 23.3 Å². The van der Waals surface area contributed by atoms with Gasteiger partial charge in [0.2, 0.25) is 5.91 Å². The molecule has 0 aromatic carbocycles. The van der Waals surface area contributed by atoms with Crippen molar-refractivity contribution in [3.8, 4) is 0 Å². The minimum absolute atomic E-state index is 0.0318. The topological polar surface area (TPSA) is 79.3 Å². The fourth-order valence-electron chi connectivity index (χ4n) is 6.02. The van der Waals surface area contributed by atoms with Crippen molar-refractivity contribution in [3.05, 3.63) is 17.5 Å².